The number of hydrogen-bond acceptors (Lipinski definition) is 12. The number of anilines is 1. The molecule has 49 heavy (non-hydrogen) atoms. The maximum Gasteiger partial charge on any atom is 0.333 e. The van der Waals surface area contributed by atoms with E-state index in [-0.39, 0.29) is 64.2 Å². The van der Waals surface area contributed by atoms with Gasteiger partial charge >= 0.3 is 5.97 Å². The fraction of sp³-hybridized carbons (Fsp3) is 0.281. The van der Waals surface area contributed by atoms with Crippen molar-refractivity contribution in [3.8, 4) is 11.5 Å². The number of amides is 2. The van der Waals surface area contributed by atoms with E-state index in [2.05, 4.69) is 4.99 Å². The van der Waals surface area contributed by atoms with Gasteiger partial charge in [-0.1, -0.05) is 18.6 Å². The van der Waals surface area contributed by atoms with Crippen molar-refractivity contribution < 1.29 is 49.6 Å². The van der Waals surface area contributed by atoms with Gasteiger partial charge in [0.05, 0.1) is 5.36 Å². The Kier molecular flexibility index (Phi) is 8.87. The number of aromatic nitrogens is 1. The SMILES string of the molecule is CN(C)c1ccc2nc3c4cc5c(S(=O)(=O)O)cccc5c(S(=O)(=O)O)c4c(=NCCCCCC(=O)ON4C(=O)CCC4=O)cc-3oc2c1. The predicted octanol–water partition coefficient (Wildman–Crippen LogP) is 3.87. The van der Waals surface area contributed by atoms with Crippen molar-refractivity contribution in [3.63, 3.8) is 0 Å². The lowest BCUT2D eigenvalue weighted by Gasteiger charge is -2.17. The summed E-state index contributed by atoms with van der Waals surface area (Å²) in [4.78, 5) is 50.4. The third-order valence-corrected chi connectivity index (χ3v) is 9.93. The summed E-state index contributed by atoms with van der Waals surface area (Å²) >= 11 is 0. The van der Waals surface area contributed by atoms with E-state index in [0.29, 0.717) is 35.4 Å². The minimum absolute atomic E-state index is 0.00938. The Morgan fingerprint density at radius 2 is 1.67 bits per heavy atom. The van der Waals surface area contributed by atoms with E-state index in [0.717, 1.165) is 11.8 Å². The summed E-state index contributed by atoms with van der Waals surface area (Å²) in [6.45, 7) is 0.137. The minimum Gasteiger partial charge on any atom is -0.453 e. The molecule has 2 heterocycles. The summed E-state index contributed by atoms with van der Waals surface area (Å²) in [5.41, 5.74) is 1.80. The highest BCUT2D eigenvalue weighted by molar-refractivity contribution is 7.86. The molecule has 17 heteroatoms. The van der Waals surface area contributed by atoms with E-state index in [1.807, 2.05) is 25.1 Å². The molecular weight excluding hydrogens is 681 g/mol. The second kappa shape index (κ2) is 12.8. The molecule has 0 bridgehead atoms. The fourth-order valence-corrected chi connectivity index (χ4v) is 7.40. The van der Waals surface area contributed by atoms with Gasteiger partial charge < -0.3 is 14.2 Å². The summed E-state index contributed by atoms with van der Waals surface area (Å²) in [5.74, 6) is -1.68. The lowest BCUT2D eigenvalue weighted by Crippen LogP contribution is -2.31. The molecular formula is C32H30N4O11S2. The summed E-state index contributed by atoms with van der Waals surface area (Å²) < 4.78 is 77.5. The number of unbranched alkanes of at least 4 members (excludes halogenated alkanes) is 2. The molecule has 1 aliphatic carbocycles. The zero-order valence-electron chi connectivity index (χ0n) is 26.2. The molecule has 0 aromatic heterocycles. The third kappa shape index (κ3) is 6.69. The van der Waals surface area contributed by atoms with Crippen molar-refractivity contribution in [2.24, 2.45) is 4.99 Å². The Morgan fingerprint density at radius 1 is 0.939 bits per heavy atom. The van der Waals surface area contributed by atoms with E-state index in [1.165, 1.54) is 24.3 Å². The largest absolute Gasteiger partial charge is 0.453 e. The van der Waals surface area contributed by atoms with Crippen LogP contribution in [0, 0.1) is 0 Å². The lowest BCUT2D eigenvalue weighted by molar-refractivity contribution is -0.197. The standard InChI is InChI=1S/C32H30N4O11S2/c1-35(2)18-10-11-22-24(15-18)46-25-17-23(33-14-5-3-4-9-29(39)47-36-27(37)12-13-28(36)38)30-21(31(25)34-22)16-20-19(32(30)49(43,44)45)7-6-8-26(20)48(40,41)42/h6-8,10-11,15-17H,3-5,9,12-14H2,1-2H3,(H,40,41,42)(H,43,44,45). The van der Waals surface area contributed by atoms with Gasteiger partial charge in [0, 0.05) is 79.3 Å². The van der Waals surface area contributed by atoms with Gasteiger partial charge in [0.15, 0.2) is 11.3 Å². The topological polar surface area (TPSA) is 214 Å². The number of imide groups is 1. The third-order valence-electron chi connectivity index (χ3n) is 8.08. The number of carbonyl (C=O) groups excluding carboxylic acids is 3. The first-order valence-electron chi connectivity index (χ1n) is 15.1. The molecule has 3 aromatic carbocycles. The zero-order chi connectivity index (χ0) is 35.2. The number of hydrogen-bond donors (Lipinski definition) is 2. The predicted molar refractivity (Wildman–Crippen MR) is 176 cm³/mol. The molecule has 256 valence electrons. The van der Waals surface area contributed by atoms with E-state index in [1.54, 1.807) is 12.1 Å². The summed E-state index contributed by atoms with van der Waals surface area (Å²) in [6.07, 6.45) is 1.17. The van der Waals surface area contributed by atoms with Crippen LogP contribution >= 0.6 is 0 Å². The molecule has 2 aliphatic heterocycles. The van der Waals surface area contributed by atoms with Gasteiger partial charge in [-0.3, -0.25) is 23.7 Å². The highest BCUT2D eigenvalue weighted by Gasteiger charge is 2.32. The Bertz CT molecular complexity index is 2440. The van der Waals surface area contributed by atoms with Gasteiger partial charge in [-0.05, 0) is 37.1 Å². The molecule has 0 radical (unpaired) electrons. The molecule has 15 nitrogen and oxygen atoms in total. The minimum atomic E-state index is -5.04. The van der Waals surface area contributed by atoms with Crippen LogP contribution in [0.4, 0.5) is 5.69 Å². The van der Waals surface area contributed by atoms with Gasteiger partial charge in [-0.2, -0.15) is 16.8 Å². The van der Waals surface area contributed by atoms with Crippen molar-refractivity contribution in [2.45, 2.75) is 48.3 Å². The maximum absolute atomic E-state index is 13.0. The first-order valence-corrected chi connectivity index (χ1v) is 18.0. The highest BCUT2D eigenvalue weighted by Crippen LogP contribution is 2.39. The van der Waals surface area contributed by atoms with Crippen molar-refractivity contribution in [3.05, 3.63) is 53.9 Å². The van der Waals surface area contributed by atoms with Gasteiger partial charge in [0.25, 0.3) is 32.1 Å². The van der Waals surface area contributed by atoms with Crippen molar-refractivity contribution >= 4 is 76.4 Å². The average Bonchev–Trinajstić information content (AvgIpc) is 3.34. The Balaban J connectivity index is 1.45. The molecule has 6 rings (SSSR count). The van der Waals surface area contributed by atoms with Crippen LogP contribution < -0.4 is 10.3 Å². The molecule has 2 amide bonds. The van der Waals surface area contributed by atoms with Crippen molar-refractivity contribution in [2.75, 3.05) is 25.5 Å². The summed E-state index contributed by atoms with van der Waals surface area (Å²) in [5, 5.41) is 0.324. The molecule has 0 unspecified atom stereocenters. The number of carbonyl (C=O) groups is 3. The van der Waals surface area contributed by atoms with Crippen molar-refractivity contribution in [1.82, 2.24) is 10.0 Å². The molecule has 1 saturated heterocycles. The molecule has 3 aromatic rings. The van der Waals surface area contributed by atoms with Crippen LogP contribution in [-0.2, 0) is 39.5 Å². The molecule has 0 atom stereocenters. The average molecular weight is 711 g/mol. The normalized spacial score (nSPS) is 14.5. The smallest absolute Gasteiger partial charge is 0.333 e. The number of fused-ring (bicyclic) bond motifs is 5. The summed E-state index contributed by atoms with van der Waals surface area (Å²) in [7, 11) is -6.16. The Morgan fingerprint density at radius 3 is 2.35 bits per heavy atom. The van der Waals surface area contributed by atoms with E-state index < -0.39 is 47.8 Å². The van der Waals surface area contributed by atoms with E-state index in [4.69, 9.17) is 14.2 Å². The Hall–Kier alpha value is -4.97. The molecule has 3 aliphatic rings. The van der Waals surface area contributed by atoms with Crippen LogP contribution in [0.15, 0.2) is 67.7 Å². The van der Waals surface area contributed by atoms with Crippen LogP contribution in [0.2, 0.25) is 0 Å². The zero-order valence-corrected chi connectivity index (χ0v) is 27.9. The summed E-state index contributed by atoms with van der Waals surface area (Å²) in [6, 6.07) is 11.8. The molecule has 0 saturated carbocycles. The first-order chi connectivity index (χ1) is 23.1. The van der Waals surface area contributed by atoms with Crippen LogP contribution in [-0.4, -0.2) is 74.4 Å². The van der Waals surface area contributed by atoms with Crippen molar-refractivity contribution in [1.29, 1.82) is 0 Å². The highest BCUT2D eigenvalue weighted by atomic mass is 32.2. The first kappa shape index (κ1) is 33.9. The van der Waals surface area contributed by atoms with Crippen LogP contribution in [0.25, 0.3) is 44.1 Å². The molecule has 2 N–H and O–H groups in total. The van der Waals surface area contributed by atoms with E-state index in [9.17, 15) is 40.3 Å². The second-order valence-electron chi connectivity index (χ2n) is 11.7. The van der Waals surface area contributed by atoms with Gasteiger partial charge in [-0.15, -0.1) is 5.06 Å². The number of hydroxylamine groups is 2. The van der Waals surface area contributed by atoms with Gasteiger partial charge in [0.1, 0.15) is 21.0 Å². The van der Waals surface area contributed by atoms with Crippen LogP contribution in [0.5, 0.6) is 0 Å². The lowest BCUT2D eigenvalue weighted by atomic mass is 9.99. The maximum atomic E-state index is 13.0. The van der Waals surface area contributed by atoms with Gasteiger partial charge in [0.2, 0.25) is 0 Å². The molecule has 0 spiro atoms. The van der Waals surface area contributed by atoms with Crippen LogP contribution in [0.3, 0.4) is 0 Å². The quantitative estimate of drug-likeness (QED) is 0.0693. The van der Waals surface area contributed by atoms with Crippen LogP contribution in [0.1, 0.15) is 38.5 Å². The number of rotatable bonds is 10. The fourth-order valence-electron chi connectivity index (χ4n) is 5.77. The second-order valence-corrected chi connectivity index (χ2v) is 14.4. The Labute approximate surface area is 279 Å². The molecule has 1 fully saturated rings. The number of benzene rings is 4. The monoisotopic (exact) mass is 710 g/mol. The number of nitrogens with zero attached hydrogens (tertiary/aromatic N) is 4. The van der Waals surface area contributed by atoms with Gasteiger partial charge in [-0.25, -0.2) is 9.78 Å². The van der Waals surface area contributed by atoms with E-state index >= 15 is 0 Å².